The molecule has 21 heavy (non-hydrogen) atoms. The van der Waals surface area contributed by atoms with Crippen molar-refractivity contribution < 1.29 is 4.74 Å². The fraction of sp³-hybridized carbons (Fsp3) is 0.375. The molecule has 1 aliphatic heterocycles. The van der Waals surface area contributed by atoms with Crippen molar-refractivity contribution in [2.75, 3.05) is 13.2 Å². The van der Waals surface area contributed by atoms with Gasteiger partial charge < -0.3 is 10.1 Å². The van der Waals surface area contributed by atoms with Gasteiger partial charge in [-0.2, -0.15) is 0 Å². The van der Waals surface area contributed by atoms with Crippen molar-refractivity contribution in [1.82, 2.24) is 5.32 Å². The van der Waals surface area contributed by atoms with Crippen LogP contribution in [-0.4, -0.2) is 13.2 Å². The van der Waals surface area contributed by atoms with Crippen LogP contribution in [0.1, 0.15) is 35.4 Å². The van der Waals surface area contributed by atoms with Gasteiger partial charge in [0, 0.05) is 25.8 Å². The van der Waals surface area contributed by atoms with Gasteiger partial charge in [0.1, 0.15) is 5.75 Å². The summed E-state index contributed by atoms with van der Waals surface area (Å²) in [6.45, 7) is 3.95. The smallest absolute Gasteiger partial charge is 0.127 e. The standard InChI is InChI=1S/C16H17Br2NOS/c1-2-5-19-14(16-13(18)4-7-21-16)12-9-11(17)8-10-3-6-20-15(10)12/h4,7-9,14,19H,2-3,5-6H2,1H3. The summed E-state index contributed by atoms with van der Waals surface area (Å²) in [6.07, 6.45) is 2.10. The van der Waals surface area contributed by atoms with Crippen LogP contribution in [0.2, 0.25) is 0 Å². The summed E-state index contributed by atoms with van der Waals surface area (Å²) in [5.41, 5.74) is 2.53. The molecule has 5 heteroatoms. The van der Waals surface area contributed by atoms with E-state index in [0.29, 0.717) is 0 Å². The Kier molecular flexibility index (Phi) is 5.04. The van der Waals surface area contributed by atoms with Crippen LogP contribution < -0.4 is 10.1 Å². The van der Waals surface area contributed by atoms with Crippen LogP contribution in [0.25, 0.3) is 0 Å². The highest BCUT2D eigenvalue weighted by molar-refractivity contribution is 9.10. The van der Waals surface area contributed by atoms with Crippen molar-refractivity contribution in [3.05, 3.63) is 48.5 Å². The molecule has 1 unspecified atom stereocenters. The highest BCUT2D eigenvalue weighted by Crippen LogP contribution is 2.41. The topological polar surface area (TPSA) is 21.3 Å². The van der Waals surface area contributed by atoms with Crippen LogP contribution in [-0.2, 0) is 6.42 Å². The van der Waals surface area contributed by atoms with Gasteiger partial charge in [-0.15, -0.1) is 11.3 Å². The highest BCUT2D eigenvalue weighted by atomic mass is 79.9. The summed E-state index contributed by atoms with van der Waals surface area (Å²) in [4.78, 5) is 1.30. The predicted molar refractivity (Wildman–Crippen MR) is 95.5 cm³/mol. The first-order chi connectivity index (χ1) is 10.2. The maximum atomic E-state index is 5.91. The maximum Gasteiger partial charge on any atom is 0.127 e. The molecule has 0 radical (unpaired) electrons. The summed E-state index contributed by atoms with van der Waals surface area (Å²) >= 11 is 9.09. The Balaban J connectivity index is 2.07. The molecule has 0 amide bonds. The second kappa shape index (κ2) is 6.82. The zero-order valence-electron chi connectivity index (χ0n) is 11.8. The number of halogens is 2. The Morgan fingerprint density at radius 1 is 1.38 bits per heavy atom. The average molecular weight is 431 g/mol. The largest absolute Gasteiger partial charge is 0.493 e. The molecule has 0 saturated carbocycles. The van der Waals surface area contributed by atoms with Gasteiger partial charge >= 0.3 is 0 Å². The molecule has 1 aliphatic rings. The van der Waals surface area contributed by atoms with Crippen LogP contribution in [0.15, 0.2) is 32.5 Å². The van der Waals surface area contributed by atoms with Crippen molar-refractivity contribution in [3.63, 3.8) is 0 Å². The number of benzene rings is 1. The zero-order chi connectivity index (χ0) is 14.8. The van der Waals surface area contributed by atoms with Crippen molar-refractivity contribution in [2.45, 2.75) is 25.8 Å². The van der Waals surface area contributed by atoms with E-state index in [-0.39, 0.29) is 6.04 Å². The maximum absolute atomic E-state index is 5.91. The van der Waals surface area contributed by atoms with E-state index in [2.05, 4.69) is 67.7 Å². The molecule has 0 spiro atoms. The minimum atomic E-state index is 0.170. The van der Waals surface area contributed by atoms with Crippen molar-refractivity contribution in [3.8, 4) is 5.75 Å². The van der Waals surface area contributed by atoms with Crippen LogP contribution in [0.4, 0.5) is 0 Å². The molecule has 2 heterocycles. The van der Waals surface area contributed by atoms with Crippen LogP contribution in [0, 0.1) is 0 Å². The molecule has 2 nitrogen and oxygen atoms in total. The summed E-state index contributed by atoms with van der Waals surface area (Å²) in [7, 11) is 0. The van der Waals surface area contributed by atoms with Crippen molar-refractivity contribution in [1.29, 1.82) is 0 Å². The first-order valence-corrected chi connectivity index (χ1v) is 9.58. The quantitative estimate of drug-likeness (QED) is 0.694. The molecular formula is C16H17Br2NOS. The van der Waals surface area contributed by atoms with E-state index in [1.165, 1.54) is 16.0 Å². The molecule has 1 atom stereocenters. The van der Waals surface area contributed by atoms with Crippen molar-refractivity contribution >= 4 is 43.2 Å². The second-order valence-corrected chi connectivity index (χ2v) is 7.82. The number of nitrogens with one attached hydrogen (secondary N) is 1. The lowest BCUT2D eigenvalue weighted by molar-refractivity contribution is 0.350. The van der Waals surface area contributed by atoms with Gasteiger partial charge in [-0.25, -0.2) is 0 Å². The number of fused-ring (bicyclic) bond motifs is 1. The fourth-order valence-corrected chi connectivity index (χ4v) is 4.87. The molecule has 0 bridgehead atoms. The third-order valence-electron chi connectivity index (χ3n) is 3.59. The molecule has 0 saturated heterocycles. The molecule has 0 aliphatic carbocycles. The monoisotopic (exact) mass is 429 g/mol. The molecule has 2 aromatic rings. The van der Waals surface area contributed by atoms with Crippen molar-refractivity contribution in [2.24, 2.45) is 0 Å². The average Bonchev–Trinajstić information content (AvgIpc) is 3.08. The molecule has 1 aromatic heterocycles. The van der Waals surface area contributed by atoms with E-state index in [4.69, 9.17) is 4.74 Å². The number of thiophene rings is 1. The summed E-state index contributed by atoms with van der Waals surface area (Å²) < 4.78 is 8.19. The minimum absolute atomic E-state index is 0.170. The Hall–Kier alpha value is -0.360. The number of ether oxygens (including phenoxy) is 1. The number of hydrogen-bond acceptors (Lipinski definition) is 3. The van der Waals surface area contributed by atoms with E-state index < -0.39 is 0 Å². The summed E-state index contributed by atoms with van der Waals surface area (Å²) in [5, 5.41) is 5.79. The van der Waals surface area contributed by atoms with Crippen LogP contribution >= 0.6 is 43.2 Å². The van der Waals surface area contributed by atoms with Gasteiger partial charge in [-0.3, -0.25) is 0 Å². The second-order valence-electron chi connectivity index (χ2n) is 5.10. The van der Waals surface area contributed by atoms with Gasteiger partial charge in [0.05, 0.1) is 12.6 Å². The lowest BCUT2D eigenvalue weighted by Gasteiger charge is -2.21. The van der Waals surface area contributed by atoms with E-state index in [1.807, 2.05) is 0 Å². The third-order valence-corrected chi connectivity index (χ3v) is 5.99. The third kappa shape index (κ3) is 3.21. The lowest BCUT2D eigenvalue weighted by Crippen LogP contribution is -2.23. The Morgan fingerprint density at radius 3 is 2.95 bits per heavy atom. The Morgan fingerprint density at radius 2 is 2.24 bits per heavy atom. The SMILES string of the molecule is CCCNC(c1cc(Br)cc2c1OCC2)c1sccc1Br. The van der Waals surface area contributed by atoms with E-state index >= 15 is 0 Å². The summed E-state index contributed by atoms with van der Waals surface area (Å²) in [5.74, 6) is 1.06. The molecule has 1 aromatic carbocycles. The number of rotatable bonds is 5. The van der Waals surface area contributed by atoms with Gasteiger partial charge in [0.15, 0.2) is 0 Å². The van der Waals surface area contributed by atoms with Crippen LogP contribution in [0.3, 0.4) is 0 Å². The molecule has 3 rings (SSSR count). The Labute approximate surface area is 146 Å². The molecule has 0 fully saturated rings. The summed E-state index contributed by atoms with van der Waals surface area (Å²) in [6, 6.07) is 6.64. The first kappa shape index (κ1) is 15.5. The van der Waals surface area contributed by atoms with E-state index in [0.717, 1.165) is 40.7 Å². The molecular weight excluding hydrogens is 414 g/mol. The van der Waals surface area contributed by atoms with Gasteiger partial charge in [-0.1, -0.05) is 22.9 Å². The normalized spacial score (nSPS) is 14.8. The van der Waals surface area contributed by atoms with Gasteiger partial charge in [0.25, 0.3) is 0 Å². The highest BCUT2D eigenvalue weighted by Gasteiger charge is 2.26. The molecule has 1 N–H and O–H groups in total. The Bertz CT molecular complexity index is 641. The zero-order valence-corrected chi connectivity index (χ0v) is 15.8. The van der Waals surface area contributed by atoms with E-state index in [1.54, 1.807) is 11.3 Å². The fourth-order valence-electron chi connectivity index (χ4n) is 2.66. The molecule has 112 valence electrons. The number of hydrogen-bond donors (Lipinski definition) is 1. The lowest BCUT2D eigenvalue weighted by atomic mass is 10.0. The van der Waals surface area contributed by atoms with Gasteiger partial charge in [0.2, 0.25) is 0 Å². The van der Waals surface area contributed by atoms with Gasteiger partial charge in [-0.05, 0) is 58.0 Å². The first-order valence-electron chi connectivity index (χ1n) is 7.12. The predicted octanol–water partition coefficient (Wildman–Crippen LogP) is 5.30. The van der Waals surface area contributed by atoms with E-state index in [9.17, 15) is 0 Å². The van der Waals surface area contributed by atoms with Crippen LogP contribution in [0.5, 0.6) is 5.75 Å². The minimum Gasteiger partial charge on any atom is -0.493 e.